The van der Waals surface area contributed by atoms with Crippen molar-refractivity contribution in [2.45, 2.75) is 52.0 Å². The largest absolute Gasteiger partial charge is 0.478 e. The fourth-order valence-electron chi connectivity index (χ4n) is 2.29. The van der Waals surface area contributed by atoms with E-state index in [-0.39, 0.29) is 0 Å². The molecule has 0 amide bonds. The van der Waals surface area contributed by atoms with Gasteiger partial charge in [-0.3, -0.25) is 4.68 Å². The van der Waals surface area contributed by atoms with Gasteiger partial charge in [-0.25, -0.2) is 4.79 Å². The number of aromatic carboxylic acids is 1. The van der Waals surface area contributed by atoms with Crippen molar-refractivity contribution in [2.24, 2.45) is 0 Å². The average molecular weight is 222 g/mol. The zero-order chi connectivity index (χ0) is 11.7. The van der Waals surface area contributed by atoms with E-state index in [9.17, 15) is 9.90 Å². The van der Waals surface area contributed by atoms with E-state index in [2.05, 4.69) is 5.10 Å². The molecule has 0 radical (unpaired) electrons. The maximum atomic E-state index is 11.2. The van der Waals surface area contributed by atoms with E-state index in [0.717, 1.165) is 30.7 Å². The Hall–Kier alpha value is -1.32. The van der Waals surface area contributed by atoms with E-state index in [1.807, 2.05) is 18.5 Å². The second-order valence-corrected chi connectivity index (χ2v) is 4.31. The first-order chi connectivity index (χ1) is 7.69. The zero-order valence-electron chi connectivity index (χ0n) is 9.86. The molecule has 1 N–H and O–H groups in total. The minimum Gasteiger partial charge on any atom is -0.478 e. The van der Waals surface area contributed by atoms with Gasteiger partial charge in [-0.2, -0.15) is 5.10 Å². The molecular weight excluding hydrogens is 204 g/mol. The van der Waals surface area contributed by atoms with Gasteiger partial charge >= 0.3 is 5.97 Å². The van der Waals surface area contributed by atoms with Crippen molar-refractivity contribution >= 4 is 5.97 Å². The van der Waals surface area contributed by atoms with Crippen molar-refractivity contribution in [3.05, 3.63) is 17.0 Å². The van der Waals surface area contributed by atoms with Gasteiger partial charge < -0.3 is 5.11 Å². The number of rotatable bonds is 4. The molecule has 0 unspecified atom stereocenters. The second kappa shape index (κ2) is 4.28. The quantitative estimate of drug-likeness (QED) is 0.851. The van der Waals surface area contributed by atoms with Gasteiger partial charge in [0.15, 0.2) is 0 Å². The van der Waals surface area contributed by atoms with E-state index in [1.54, 1.807) is 0 Å². The third-order valence-electron chi connectivity index (χ3n) is 3.39. The summed E-state index contributed by atoms with van der Waals surface area (Å²) in [6.07, 6.45) is 4.94. The molecule has 4 nitrogen and oxygen atoms in total. The maximum absolute atomic E-state index is 11.2. The molecule has 1 fully saturated rings. The lowest BCUT2D eigenvalue weighted by Crippen LogP contribution is -2.20. The van der Waals surface area contributed by atoms with Crippen molar-refractivity contribution in [3.8, 4) is 0 Å². The number of carbonyl (C=O) groups is 1. The van der Waals surface area contributed by atoms with Crippen molar-refractivity contribution in [1.29, 1.82) is 0 Å². The summed E-state index contributed by atoms with van der Waals surface area (Å²) in [6.45, 7) is 3.96. The lowest BCUT2D eigenvalue weighted by Gasteiger charge is -2.27. The molecule has 0 spiro atoms. The molecule has 0 aromatic carbocycles. The third kappa shape index (κ3) is 1.62. The van der Waals surface area contributed by atoms with Crippen molar-refractivity contribution < 1.29 is 9.90 Å². The second-order valence-electron chi connectivity index (χ2n) is 4.31. The lowest BCUT2D eigenvalue weighted by atomic mass is 9.93. The number of carboxylic acid groups (broad SMARTS) is 1. The van der Waals surface area contributed by atoms with Crippen LogP contribution in [0.4, 0.5) is 0 Å². The fourth-order valence-corrected chi connectivity index (χ4v) is 2.29. The predicted octanol–water partition coefficient (Wildman–Crippen LogP) is 2.43. The van der Waals surface area contributed by atoms with Crippen molar-refractivity contribution in [2.75, 3.05) is 0 Å². The summed E-state index contributed by atoms with van der Waals surface area (Å²) < 4.78 is 1.96. The van der Waals surface area contributed by atoms with Crippen LogP contribution in [0, 0.1) is 0 Å². The number of hydrogen-bond donors (Lipinski definition) is 1. The smallest absolute Gasteiger partial charge is 0.339 e. The molecule has 16 heavy (non-hydrogen) atoms. The fraction of sp³-hybridized carbons (Fsp3) is 0.667. The van der Waals surface area contributed by atoms with Gasteiger partial charge in [0, 0.05) is 0 Å². The molecule has 1 heterocycles. The van der Waals surface area contributed by atoms with Gasteiger partial charge in [0.25, 0.3) is 0 Å². The first-order valence-corrected chi connectivity index (χ1v) is 6.02. The Morgan fingerprint density at radius 2 is 2.12 bits per heavy atom. The van der Waals surface area contributed by atoms with E-state index in [1.165, 1.54) is 6.42 Å². The summed E-state index contributed by atoms with van der Waals surface area (Å²) in [5, 5.41) is 13.7. The van der Waals surface area contributed by atoms with Crippen LogP contribution in [0.15, 0.2) is 0 Å². The average Bonchev–Trinajstić information content (AvgIpc) is 2.53. The van der Waals surface area contributed by atoms with E-state index >= 15 is 0 Å². The van der Waals surface area contributed by atoms with Crippen LogP contribution < -0.4 is 0 Å². The number of carboxylic acids is 1. The molecule has 4 heteroatoms. The summed E-state index contributed by atoms with van der Waals surface area (Å²) in [6, 6.07) is 0.438. The highest BCUT2D eigenvalue weighted by Gasteiger charge is 2.28. The lowest BCUT2D eigenvalue weighted by molar-refractivity contribution is 0.0694. The van der Waals surface area contributed by atoms with E-state index < -0.39 is 5.97 Å². The highest BCUT2D eigenvalue weighted by atomic mass is 16.4. The van der Waals surface area contributed by atoms with Crippen molar-refractivity contribution in [1.82, 2.24) is 9.78 Å². The molecular formula is C12H18N2O2. The van der Waals surface area contributed by atoms with Crippen LogP contribution in [0.3, 0.4) is 0 Å². The molecule has 1 aliphatic rings. The minimum absolute atomic E-state index is 0.438. The van der Waals surface area contributed by atoms with E-state index in [0.29, 0.717) is 18.0 Å². The van der Waals surface area contributed by atoms with Crippen LogP contribution in [-0.4, -0.2) is 20.9 Å². The monoisotopic (exact) mass is 222 g/mol. The van der Waals surface area contributed by atoms with Crippen LogP contribution >= 0.6 is 0 Å². The van der Waals surface area contributed by atoms with Gasteiger partial charge in [-0.05, 0) is 32.1 Å². The molecule has 1 saturated carbocycles. The Bertz CT molecular complexity index is 405. The minimum atomic E-state index is -0.834. The molecule has 1 aromatic rings. The number of nitrogens with zero attached hydrogens (tertiary/aromatic N) is 2. The molecule has 0 atom stereocenters. The van der Waals surface area contributed by atoms with Gasteiger partial charge in [0.05, 0.1) is 17.4 Å². The Labute approximate surface area is 95.3 Å². The van der Waals surface area contributed by atoms with Crippen LogP contribution in [0.2, 0.25) is 0 Å². The van der Waals surface area contributed by atoms with Crippen LogP contribution in [0.1, 0.15) is 60.9 Å². The molecule has 1 aliphatic carbocycles. The zero-order valence-corrected chi connectivity index (χ0v) is 9.86. The molecule has 88 valence electrons. The maximum Gasteiger partial charge on any atom is 0.339 e. The van der Waals surface area contributed by atoms with Crippen LogP contribution in [-0.2, 0) is 12.8 Å². The number of aryl methyl sites for hydroxylation is 1. The predicted molar refractivity (Wildman–Crippen MR) is 60.8 cm³/mol. The Kier molecular flexibility index (Phi) is 2.99. The van der Waals surface area contributed by atoms with Gasteiger partial charge in [-0.1, -0.05) is 13.8 Å². The molecule has 0 saturated heterocycles. The Morgan fingerprint density at radius 3 is 2.50 bits per heavy atom. The van der Waals surface area contributed by atoms with Crippen LogP contribution in [0.5, 0.6) is 0 Å². The Balaban J connectivity index is 2.48. The summed E-state index contributed by atoms with van der Waals surface area (Å²) in [7, 11) is 0. The standard InChI is InChI=1S/C12H18N2O2/c1-3-9-11(12(15)16)10(4-2)14(13-9)8-6-5-7-8/h8H,3-7H2,1-2H3,(H,15,16). The van der Waals surface area contributed by atoms with Gasteiger partial charge in [0.1, 0.15) is 5.56 Å². The third-order valence-corrected chi connectivity index (χ3v) is 3.39. The molecule has 1 aromatic heterocycles. The first kappa shape index (κ1) is 11.2. The summed E-state index contributed by atoms with van der Waals surface area (Å²) in [5.74, 6) is -0.834. The Morgan fingerprint density at radius 1 is 1.44 bits per heavy atom. The highest BCUT2D eigenvalue weighted by molar-refractivity contribution is 5.90. The van der Waals surface area contributed by atoms with Gasteiger partial charge in [0.2, 0.25) is 0 Å². The molecule has 2 rings (SSSR count). The first-order valence-electron chi connectivity index (χ1n) is 6.02. The van der Waals surface area contributed by atoms with E-state index in [4.69, 9.17) is 0 Å². The topological polar surface area (TPSA) is 55.1 Å². The van der Waals surface area contributed by atoms with Gasteiger partial charge in [-0.15, -0.1) is 0 Å². The van der Waals surface area contributed by atoms with Crippen LogP contribution in [0.25, 0.3) is 0 Å². The SMILES string of the molecule is CCc1nn(C2CCC2)c(CC)c1C(=O)O. The molecule has 0 bridgehead atoms. The summed E-state index contributed by atoms with van der Waals surface area (Å²) in [5.41, 5.74) is 2.07. The summed E-state index contributed by atoms with van der Waals surface area (Å²) >= 11 is 0. The molecule has 0 aliphatic heterocycles. The number of aromatic nitrogens is 2. The highest BCUT2D eigenvalue weighted by Crippen LogP contribution is 2.33. The van der Waals surface area contributed by atoms with Crippen molar-refractivity contribution in [3.63, 3.8) is 0 Å². The summed E-state index contributed by atoms with van der Waals surface area (Å²) in [4.78, 5) is 11.2. The normalized spacial score (nSPS) is 16.1. The number of hydrogen-bond acceptors (Lipinski definition) is 2.